The third-order valence-electron chi connectivity index (χ3n) is 2.35. The maximum absolute atomic E-state index is 5.49. The lowest BCUT2D eigenvalue weighted by atomic mass is 9.99. The summed E-state index contributed by atoms with van der Waals surface area (Å²) in [5.41, 5.74) is 11.0. The van der Waals surface area contributed by atoms with Crippen molar-refractivity contribution < 1.29 is 0 Å². The molecule has 3 nitrogen and oxygen atoms in total. The summed E-state index contributed by atoms with van der Waals surface area (Å²) >= 11 is 0. The smallest absolute Gasteiger partial charge is 0.0652 e. The Morgan fingerprint density at radius 3 is 2.36 bits per heavy atom. The van der Waals surface area contributed by atoms with E-state index >= 15 is 0 Å². The molecule has 66 valence electrons. The fourth-order valence-corrected chi connectivity index (χ4v) is 1.54. The van der Waals surface area contributed by atoms with Crippen molar-refractivity contribution in [1.29, 1.82) is 0 Å². The highest BCUT2D eigenvalue weighted by Crippen LogP contribution is 2.15. The SMILES string of the molecule is CC1CCN(CC(N)N)CC1. The molecule has 1 aliphatic heterocycles. The second-order valence-corrected chi connectivity index (χ2v) is 3.65. The summed E-state index contributed by atoms with van der Waals surface area (Å²) in [5, 5.41) is 0. The maximum atomic E-state index is 5.49. The molecule has 0 spiro atoms. The van der Waals surface area contributed by atoms with Gasteiger partial charge in [0.2, 0.25) is 0 Å². The molecule has 4 N–H and O–H groups in total. The van der Waals surface area contributed by atoms with Gasteiger partial charge in [-0.1, -0.05) is 6.92 Å². The molecule has 0 atom stereocenters. The van der Waals surface area contributed by atoms with Gasteiger partial charge >= 0.3 is 0 Å². The van der Waals surface area contributed by atoms with Crippen LogP contribution in [-0.2, 0) is 0 Å². The topological polar surface area (TPSA) is 55.3 Å². The molecule has 1 saturated heterocycles. The molecule has 0 unspecified atom stereocenters. The van der Waals surface area contributed by atoms with Crippen molar-refractivity contribution >= 4 is 0 Å². The Morgan fingerprint density at radius 2 is 1.91 bits per heavy atom. The van der Waals surface area contributed by atoms with Crippen molar-refractivity contribution in [3.05, 3.63) is 0 Å². The van der Waals surface area contributed by atoms with Crippen LogP contribution in [0.5, 0.6) is 0 Å². The maximum Gasteiger partial charge on any atom is 0.0652 e. The first kappa shape index (κ1) is 8.97. The second kappa shape index (κ2) is 4.04. The van der Waals surface area contributed by atoms with Gasteiger partial charge < -0.3 is 16.4 Å². The second-order valence-electron chi connectivity index (χ2n) is 3.65. The lowest BCUT2D eigenvalue weighted by molar-refractivity contribution is 0.183. The molecule has 1 rings (SSSR count). The zero-order valence-electron chi connectivity index (χ0n) is 7.29. The lowest BCUT2D eigenvalue weighted by Gasteiger charge is -2.30. The van der Waals surface area contributed by atoms with Gasteiger partial charge in [0.15, 0.2) is 0 Å². The minimum atomic E-state index is -0.164. The van der Waals surface area contributed by atoms with Crippen LogP contribution in [0, 0.1) is 5.92 Å². The minimum absolute atomic E-state index is 0.164. The minimum Gasteiger partial charge on any atom is -0.315 e. The molecule has 1 fully saturated rings. The molecule has 0 bridgehead atoms. The highest BCUT2D eigenvalue weighted by molar-refractivity contribution is 4.71. The van der Waals surface area contributed by atoms with Crippen molar-refractivity contribution in [2.45, 2.75) is 25.9 Å². The molecule has 0 radical (unpaired) electrons. The first-order chi connectivity index (χ1) is 5.18. The normalized spacial score (nSPS) is 22.9. The van der Waals surface area contributed by atoms with Gasteiger partial charge in [0.05, 0.1) is 6.17 Å². The Kier molecular flexibility index (Phi) is 3.30. The van der Waals surface area contributed by atoms with E-state index in [2.05, 4.69) is 11.8 Å². The molecule has 0 amide bonds. The summed E-state index contributed by atoms with van der Waals surface area (Å²) in [5.74, 6) is 0.889. The average Bonchev–Trinajstić information content (AvgIpc) is 1.93. The number of hydrogen-bond donors (Lipinski definition) is 2. The number of nitrogens with two attached hydrogens (primary N) is 2. The van der Waals surface area contributed by atoms with Gasteiger partial charge in [0.1, 0.15) is 0 Å². The largest absolute Gasteiger partial charge is 0.315 e. The predicted molar refractivity (Wildman–Crippen MR) is 47.0 cm³/mol. The zero-order valence-corrected chi connectivity index (χ0v) is 7.29. The zero-order chi connectivity index (χ0) is 8.27. The van der Waals surface area contributed by atoms with E-state index in [-0.39, 0.29) is 6.17 Å². The van der Waals surface area contributed by atoms with Gasteiger partial charge in [-0.25, -0.2) is 0 Å². The van der Waals surface area contributed by atoms with E-state index < -0.39 is 0 Å². The number of piperidine rings is 1. The third kappa shape index (κ3) is 3.18. The van der Waals surface area contributed by atoms with Crippen LogP contribution in [0.3, 0.4) is 0 Å². The molecule has 1 aliphatic rings. The van der Waals surface area contributed by atoms with Crippen LogP contribution < -0.4 is 11.5 Å². The first-order valence-electron chi connectivity index (χ1n) is 4.42. The molecule has 0 saturated carbocycles. The molecule has 1 heterocycles. The van der Waals surface area contributed by atoms with Gasteiger partial charge in [-0.2, -0.15) is 0 Å². The fourth-order valence-electron chi connectivity index (χ4n) is 1.54. The summed E-state index contributed by atoms with van der Waals surface area (Å²) in [6, 6.07) is 0. The van der Waals surface area contributed by atoms with E-state index in [0.717, 1.165) is 12.5 Å². The number of rotatable bonds is 2. The van der Waals surface area contributed by atoms with Crippen LogP contribution in [-0.4, -0.2) is 30.7 Å². The Hall–Kier alpha value is -0.120. The summed E-state index contributed by atoms with van der Waals surface area (Å²) in [6.07, 6.45) is 2.43. The lowest BCUT2D eigenvalue weighted by Crippen LogP contribution is -2.45. The standard InChI is InChI=1S/C8H19N3/c1-7-2-4-11(5-3-7)6-8(9)10/h7-8H,2-6,9-10H2,1H3. The van der Waals surface area contributed by atoms with Crippen molar-refractivity contribution in [2.75, 3.05) is 19.6 Å². The van der Waals surface area contributed by atoms with Gasteiger partial charge in [-0.15, -0.1) is 0 Å². The van der Waals surface area contributed by atoms with Crippen LogP contribution >= 0.6 is 0 Å². The van der Waals surface area contributed by atoms with Crippen LogP contribution in [0.2, 0.25) is 0 Å². The molecule has 0 aromatic rings. The Morgan fingerprint density at radius 1 is 1.36 bits per heavy atom. The first-order valence-corrected chi connectivity index (χ1v) is 4.42. The molecule has 0 aromatic heterocycles. The summed E-state index contributed by atoms with van der Waals surface area (Å²) in [6.45, 7) is 5.50. The summed E-state index contributed by atoms with van der Waals surface area (Å²) in [4.78, 5) is 2.35. The van der Waals surface area contributed by atoms with E-state index in [4.69, 9.17) is 11.5 Å². The van der Waals surface area contributed by atoms with E-state index in [1.165, 1.54) is 25.9 Å². The number of likely N-dealkylation sites (tertiary alicyclic amines) is 1. The fraction of sp³-hybridized carbons (Fsp3) is 1.00. The molecule has 3 heteroatoms. The average molecular weight is 157 g/mol. The third-order valence-corrected chi connectivity index (χ3v) is 2.35. The Balaban J connectivity index is 2.17. The molecule has 0 aromatic carbocycles. The number of nitrogens with zero attached hydrogens (tertiary/aromatic N) is 1. The van der Waals surface area contributed by atoms with E-state index in [9.17, 15) is 0 Å². The highest BCUT2D eigenvalue weighted by atomic mass is 15.2. The summed E-state index contributed by atoms with van der Waals surface area (Å²) < 4.78 is 0. The number of hydrogen-bond acceptors (Lipinski definition) is 3. The van der Waals surface area contributed by atoms with Crippen molar-refractivity contribution in [3.8, 4) is 0 Å². The Labute approximate surface area is 68.7 Å². The monoisotopic (exact) mass is 157 g/mol. The van der Waals surface area contributed by atoms with Crippen molar-refractivity contribution in [3.63, 3.8) is 0 Å². The van der Waals surface area contributed by atoms with Gasteiger partial charge in [0.25, 0.3) is 0 Å². The molecule has 0 aliphatic carbocycles. The molecular formula is C8H19N3. The van der Waals surface area contributed by atoms with E-state index in [1.54, 1.807) is 0 Å². The van der Waals surface area contributed by atoms with Crippen LogP contribution in [0.4, 0.5) is 0 Å². The summed E-state index contributed by atoms with van der Waals surface area (Å²) in [7, 11) is 0. The van der Waals surface area contributed by atoms with E-state index in [0.29, 0.717) is 0 Å². The Bertz CT molecular complexity index is 106. The van der Waals surface area contributed by atoms with Crippen LogP contribution in [0.15, 0.2) is 0 Å². The van der Waals surface area contributed by atoms with Crippen molar-refractivity contribution in [1.82, 2.24) is 4.90 Å². The molecule has 11 heavy (non-hydrogen) atoms. The van der Waals surface area contributed by atoms with Crippen LogP contribution in [0.1, 0.15) is 19.8 Å². The highest BCUT2D eigenvalue weighted by Gasteiger charge is 2.15. The molecular weight excluding hydrogens is 138 g/mol. The van der Waals surface area contributed by atoms with Crippen molar-refractivity contribution in [2.24, 2.45) is 17.4 Å². The van der Waals surface area contributed by atoms with E-state index in [1.807, 2.05) is 0 Å². The van der Waals surface area contributed by atoms with Gasteiger partial charge in [0, 0.05) is 6.54 Å². The van der Waals surface area contributed by atoms with Gasteiger partial charge in [-0.3, -0.25) is 0 Å². The quantitative estimate of drug-likeness (QED) is 0.553. The van der Waals surface area contributed by atoms with Gasteiger partial charge in [-0.05, 0) is 31.8 Å². The van der Waals surface area contributed by atoms with Crippen LogP contribution in [0.25, 0.3) is 0 Å². The predicted octanol–water partition coefficient (Wildman–Crippen LogP) is -0.0382.